The summed E-state index contributed by atoms with van der Waals surface area (Å²) in [6.07, 6.45) is 5.53. The molecule has 0 aromatic carbocycles. The van der Waals surface area contributed by atoms with Gasteiger partial charge in [-0.05, 0) is 44.7 Å². The Balaban J connectivity index is 1.74. The van der Waals surface area contributed by atoms with Gasteiger partial charge < -0.3 is 10.2 Å². The second-order valence-corrected chi connectivity index (χ2v) is 5.05. The third-order valence-electron chi connectivity index (χ3n) is 3.66. The minimum atomic E-state index is 0.782. The molecule has 2 fully saturated rings. The Kier molecular flexibility index (Phi) is 3.45. The third kappa shape index (κ3) is 2.48. The van der Waals surface area contributed by atoms with Gasteiger partial charge in [0.05, 0.1) is 0 Å². The van der Waals surface area contributed by atoms with Crippen LogP contribution in [0.2, 0.25) is 0 Å². The quantitative estimate of drug-likeness (QED) is 0.738. The molecular weight excluding hydrogens is 172 g/mol. The molecule has 0 amide bonds. The van der Waals surface area contributed by atoms with Crippen molar-refractivity contribution in [3.63, 3.8) is 0 Å². The van der Waals surface area contributed by atoms with Gasteiger partial charge in [-0.25, -0.2) is 0 Å². The molecule has 1 saturated heterocycles. The van der Waals surface area contributed by atoms with Crippen molar-refractivity contribution in [3.8, 4) is 0 Å². The van der Waals surface area contributed by atoms with E-state index in [4.69, 9.17) is 0 Å². The molecule has 1 N–H and O–H groups in total. The smallest absolute Gasteiger partial charge is 0.0117 e. The fraction of sp³-hybridized carbons (Fsp3) is 1.00. The number of nitrogens with one attached hydrogen (secondary N) is 1. The van der Waals surface area contributed by atoms with E-state index >= 15 is 0 Å². The molecule has 0 bridgehead atoms. The summed E-state index contributed by atoms with van der Waals surface area (Å²) < 4.78 is 0. The van der Waals surface area contributed by atoms with Gasteiger partial charge in [-0.3, -0.25) is 0 Å². The molecule has 2 rings (SSSR count). The van der Waals surface area contributed by atoms with Crippen LogP contribution in [0.3, 0.4) is 0 Å². The first-order valence-corrected chi connectivity index (χ1v) is 6.28. The topological polar surface area (TPSA) is 15.3 Å². The van der Waals surface area contributed by atoms with Gasteiger partial charge in [0.15, 0.2) is 0 Å². The van der Waals surface area contributed by atoms with E-state index in [9.17, 15) is 0 Å². The molecule has 82 valence electrons. The monoisotopic (exact) mass is 196 g/mol. The van der Waals surface area contributed by atoms with E-state index in [-0.39, 0.29) is 0 Å². The van der Waals surface area contributed by atoms with Crippen LogP contribution in [0.1, 0.15) is 39.5 Å². The fourth-order valence-electron chi connectivity index (χ4n) is 2.58. The molecule has 0 aromatic heterocycles. The summed E-state index contributed by atoms with van der Waals surface area (Å²) in [6, 6.07) is 1.74. The molecule has 2 unspecified atom stereocenters. The SMILES string of the molecule is CCCNC1CCN(C2CC2)CC1C. The van der Waals surface area contributed by atoms with Gasteiger partial charge >= 0.3 is 0 Å². The Morgan fingerprint density at radius 2 is 2.07 bits per heavy atom. The maximum atomic E-state index is 3.67. The molecular formula is C12H24N2. The summed E-state index contributed by atoms with van der Waals surface area (Å²) in [5.41, 5.74) is 0. The standard InChI is InChI=1S/C12H24N2/c1-3-7-13-12-6-8-14(9-10(12)2)11-4-5-11/h10-13H,3-9H2,1-2H3. The van der Waals surface area contributed by atoms with E-state index in [1.54, 1.807) is 0 Å². The second kappa shape index (κ2) is 4.63. The molecule has 0 radical (unpaired) electrons. The lowest BCUT2D eigenvalue weighted by Gasteiger charge is -2.37. The molecule has 1 heterocycles. The Morgan fingerprint density at radius 1 is 1.29 bits per heavy atom. The summed E-state index contributed by atoms with van der Waals surface area (Å²) in [6.45, 7) is 8.50. The average Bonchev–Trinajstić information content (AvgIpc) is 2.99. The Hall–Kier alpha value is -0.0800. The van der Waals surface area contributed by atoms with Crippen molar-refractivity contribution in [3.05, 3.63) is 0 Å². The first-order valence-electron chi connectivity index (χ1n) is 6.28. The van der Waals surface area contributed by atoms with Crippen LogP contribution in [0.25, 0.3) is 0 Å². The van der Waals surface area contributed by atoms with Crippen molar-refractivity contribution in [2.24, 2.45) is 5.92 Å². The fourth-order valence-corrected chi connectivity index (χ4v) is 2.58. The Labute approximate surface area is 88.1 Å². The van der Waals surface area contributed by atoms with Crippen LogP contribution in [0.4, 0.5) is 0 Å². The molecule has 1 aliphatic carbocycles. The molecule has 2 nitrogen and oxygen atoms in total. The highest BCUT2D eigenvalue weighted by Gasteiger charge is 2.34. The molecule has 1 saturated carbocycles. The Bertz CT molecular complexity index is 177. The molecule has 1 aliphatic heterocycles. The van der Waals surface area contributed by atoms with Crippen molar-refractivity contribution in [2.75, 3.05) is 19.6 Å². The van der Waals surface area contributed by atoms with Gasteiger partial charge in [-0.15, -0.1) is 0 Å². The zero-order valence-corrected chi connectivity index (χ0v) is 9.63. The first kappa shape index (κ1) is 10.4. The van der Waals surface area contributed by atoms with Gasteiger partial charge in [0.25, 0.3) is 0 Å². The summed E-state index contributed by atoms with van der Waals surface area (Å²) in [4.78, 5) is 2.70. The average molecular weight is 196 g/mol. The van der Waals surface area contributed by atoms with E-state index in [1.165, 1.54) is 45.3 Å². The maximum absolute atomic E-state index is 3.67. The van der Waals surface area contributed by atoms with Crippen LogP contribution in [0, 0.1) is 5.92 Å². The largest absolute Gasteiger partial charge is 0.314 e. The molecule has 2 heteroatoms. The van der Waals surface area contributed by atoms with Crippen LogP contribution in [-0.4, -0.2) is 36.6 Å². The van der Waals surface area contributed by atoms with E-state index in [0.29, 0.717) is 0 Å². The zero-order valence-electron chi connectivity index (χ0n) is 9.63. The van der Waals surface area contributed by atoms with Crippen molar-refractivity contribution in [1.82, 2.24) is 10.2 Å². The first-order chi connectivity index (χ1) is 6.81. The number of hydrogen-bond donors (Lipinski definition) is 1. The lowest BCUT2D eigenvalue weighted by Crippen LogP contribution is -2.49. The highest BCUT2D eigenvalue weighted by molar-refractivity contribution is 4.91. The summed E-state index contributed by atoms with van der Waals surface area (Å²) >= 11 is 0. The van der Waals surface area contributed by atoms with Gasteiger partial charge in [0.2, 0.25) is 0 Å². The van der Waals surface area contributed by atoms with E-state index in [2.05, 4.69) is 24.1 Å². The number of hydrogen-bond acceptors (Lipinski definition) is 2. The maximum Gasteiger partial charge on any atom is 0.0117 e. The third-order valence-corrected chi connectivity index (χ3v) is 3.66. The second-order valence-electron chi connectivity index (χ2n) is 5.05. The predicted molar refractivity (Wildman–Crippen MR) is 60.5 cm³/mol. The van der Waals surface area contributed by atoms with Crippen LogP contribution in [0.5, 0.6) is 0 Å². The van der Waals surface area contributed by atoms with Gasteiger partial charge in [-0.1, -0.05) is 13.8 Å². The van der Waals surface area contributed by atoms with Gasteiger partial charge in [-0.2, -0.15) is 0 Å². The Morgan fingerprint density at radius 3 is 2.64 bits per heavy atom. The van der Waals surface area contributed by atoms with Crippen molar-refractivity contribution in [1.29, 1.82) is 0 Å². The normalized spacial score (nSPS) is 34.7. The summed E-state index contributed by atoms with van der Waals surface area (Å²) in [7, 11) is 0. The van der Waals surface area contributed by atoms with Crippen molar-refractivity contribution < 1.29 is 0 Å². The lowest BCUT2D eigenvalue weighted by molar-refractivity contribution is 0.140. The zero-order chi connectivity index (χ0) is 9.97. The number of piperidine rings is 1. The highest BCUT2D eigenvalue weighted by atomic mass is 15.2. The summed E-state index contributed by atoms with van der Waals surface area (Å²) in [5, 5.41) is 3.67. The van der Waals surface area contributed by atoms with Crippen molar-refractivity contribution in [2.45, 2.75) is 51.6 Å². The van der Waals surface area contributed by atoms with Crippen molar-refractivity contribution >= 4 is 0 Å². The molecule has 0 spiro atoms. The minimum Gasteiger partial charge on any atom is -0.314 e. The van der Waals surface area contributed by atoms with Crippen LogP contribution >= 0.6 is 0 Å². The minimum absolute atomic E-state index is 0.782. The molecule has 14 heavy (non-hydrogen) atoms. The number of likely N-dealkylation sites (tertiary alicyclic amines) is 1. The molecule has 0 aromatic rings. The van der Waals surface area contributed by atoms with Crippen LogP contribution in [-0.2, 0) is 0 Å². The van der Waals surface area contributed by atoms with E-state index in [0.717, 1.165) is 18.0 Å². The predicted octanol–water partition coefficient (Wildman–Crippen LogP) is 1.86. The molecule has 2 atom stereocenters. The van der Waals surface area contributed by atoms with E-state index in [1.807, 2.05) is 0 Å². The van der Waals surface area contributed by atoms with Crippen LogP contribution in [0.15, 0.2) is 0 Å². The molecule has 2 aliphatic rings. The number of nitrogens with zero attached hydrogens (tertiary/aromatic N) is 1. The van der Waals surface area contributed by atoms with Gasteiger partial charge in [0.1, 0.15) is 0 Å². The van der Waals surface area contributed by atoms with Gasteiger partial charge in [0, 0.05) is 18.6 Å². The van der Waals surface area contributed by atoms with E-state index < -0.39 is 0 Å². The number of rotatable bonds is 4. The summed E-state index contributed by atoms with van der Waals surface area (Å²) in [5.74, 6) is 0.843. The lowest BCUT2D eigenvalue weighted by atomic mass is 9.93. The highest BCUT2D eigenvalue weighted by Crippen LogP contribution is 2.30. The van der Waals surface area contributed by atoms with Crippen LogP contribution < -0.4 is 5.32 Å².